The Balaban J connectivity index is 1.86. The summed E-state index contributed by atoms with van der Waals surface area (Å²) in [5.74, 6) is 0.667. The Kier molecular flexibility index (Phi) is 4.87. The summed E-state index contributed by atoms with van der Waals surface area (Å²) in [6.07, 6.45) is 3.55. The number of nitrogens with zero attached hydrogens (tertiary/aromatic N) is 5. The van der Waals surface area contributed by atoms with E-state index >= 15 is 0 Å². The summed E-state index contributed by atoms with van der Waals surface area (Å²) in [5.41, 5.74) is 2.23. The van der Waals surface area contributed by atoms with Gasteiger partial charge in [-0.1, -0.05) is 48.2 Å². The lowest BCUT2D eigenvalue weighted by atomic mass is 10.2. The van der Waals surface area contributed by atoms with Crippen LogP contribution in [0, 0.1) is 0 Å². The Morgan fingerprint density at radius 2 is 1.71 bits per heavy atom. The molecule has 28 heavy (non-hydrogen) atoms. The van der Waals surface area contributed by atoms with Crippen molar-refractivity contribution in [2.24, 2.45) is 14.1 Å². The zero-order chi connectivity index (χ0) is 19.7. The highest BCUT2D eigenvalue weighted by molar-refractivity contribution is 7.98. The second-order valence-corrected chi connectivity index (χ2v) is 7.44. The van der Waals surface area contributed by atoms with Crippen LogP contribution < -0.4 is 11.2 Å². The van der Waals surface area contributed by atoms with Gasteiger partial charge >= 0.3 is 5.69 Å². The van der Waals surface area contributed by atoms with E-state index in [0.717, 1.165) is 15.7 Å². The van der Waals surface area contributed by atoms with Crippen LogP contribution in [0.1, 0.15) is 11.1 Å². The lowest BCUT2D eigenvalue weighted by Crippen LogP contribution is -2.37. The second kappa shape index (κ2) is 7.47. The fourth-order valence-corrected chi connectivity index (χ4v) is 4.01. The molecule has 142 valence electrons. The van der Waals surface area contributed by atoms with Crippen molar-refractivity contribution in [3.05, 3.63) is 86.8 Å². The van der Waals surface area contributed by atoms with Crippen LogP contribution >= 0.6 is 11.8 Å². The quantitative estimate of drug-likeness (QED) is 0.486. The van der Waals surface area contributed by atoms with E-state index in [0.29, 0.717) is 28.6 Å². The molecular formula is C20H19N5O2S. The van der Waals surface area contributed by atoms with Crippen LogP contribution in [-0.2, 0) is 26.4 Å². The van der Waals surface area contributed by atoms with Crippen molar-refractivity contribution in [3.63, 3.8) is 0 Å². The summed E-state index contributed by atoms with van der Waals surface area (Å²) in [7, 11) is 3.13. The van der Waals surface area contributed by atoms with E-state index in [1.165, 1.54) is 23.4 Å². The summed E-state index contributed by atoms with van der Waals surface area (Å²) in [5, 5.41) is 0.695. The molecule has 3 heterocycles. The van der Waals surface area contributed by atoms with Crippen LogP contribution in [0.15, 0.2) is 69.6 Å². The highest BCUT2D eigenvalue weighted by Gasteiger charge is 2.19. The maximum atomic E-state index is 12.9. The fourth-order valence-electron chi connectivity index (χ4n) is 3.08. The largest absolute Gasteiger partial charge is 0.332 e. The molecule has 0 spiro atoms. The van der Waals surface area contributed by atoms with Gasteiger partial charge in [0.2, 0.25) is 0 Å². The van der Waals surface area contributed by atoms with Gasteiger partial charge in [-0.05, 0) is 17.2 Å². The Bertz CT molecular complexity index is 1240. The minimum Gasteiger partial charge on any atom is -0.309 e. The zero-order valence-electron chi connectivity index (χ0n) is 15.6. The van der Waals surface area contributed by atoms with Gasteiger partial charge in [0.15, 0.2) is 16.3 Å². The summed E-state index contributed by atoms with van der Waals surface area (Å²) in [6, 6.07) is 13.8. The maximum absolute atomic E-state index is 12.9. The van der Waals surface area contributed by atoms with E-state index in [1.807, 2.05) is 53.2 Å². The van der Waals surface area contributed by atoms with Gasteiger partial charge in [0, 0.05) is 32.2 Å². The molecule has 0 bridgehead atoms. The van der Waals surface area contributed by atoms with Crippen LogP contribution in [0.5, 0.6) is 0 Å². The SMILES string of the molecule is Cn1c(=O)c2c(nc(SCc3cccnc3)n2Cc2ccccc2)n(C)c1=O. The van der Waals surface area contributed by atoms with Crippen LogP contribution in [0.2, 0.25) is 0 Å². The van der Waals surface area contributed by atoms with Gasteiger partial charge in [-0.3, -0.25) is 18.9 Å². The number of benzene rings is 1. The molecule has 3 aromatic heterocycles. The molecule has 4 aromatic rings. The van der Waals surface area contributed by atoms with E-state index in [-0.39, 0.29) is 11.2 Å². The van der Waals surface area contributed by atoms with E-state index in [9.17, 15) is 9.59 Å². The number of aromatic nitrogens is 5. The molecule has 4 rings (SSSR count). The van der Waals surface area contributed by atoms with Crippen LogP contribution in [0.25, 0.3) is 11.2 Å². The molecule has 0 saturated heterocycles. The summed E-state index contributed by atoms with van der Waals surface area (Å²) in [4.78, 5) is 34.0. The monoisotopic (exact) mass is 393 g/mol. The minimum absolute atomic E-state index is 0.338. The van der Waals surface area contributed by atoms with E-state index in [1.54, 1.807) is 13.2 Å². The van der Waals surface area contributed by atoms with E-state index in [4.69, 9.17) is 0 Å². The first-order valence-electron chi connectivity index (χ1n) is 8.78. The molecule has 7 nitrogen and oxygen atoms in total. The van der Waals surface area contributed by atoms with Crippen molar-refractivity contribution in [2.75, 3.05) is 0 Å². The predicted molar refractivity (Wildman–Crippen MR) is 110 cm³/mol. The highest BCUT2D eigenvalue weighted by atomic mass is 32.2. The number of thioether (sulfide) groups is 1. The normalized spacial score (nSPS) is 11.2. The van der Waals surface area contributed by atoms with Crippen molar-refractivity contribution in [1.29, 1.82) is 0 Å². The average molecular weight is 393 g/mol. The topological polar surface area (TPSA) is 74.7 Å². The number of pyridine rings is 1. The Morgan fingerprint density at radius 1 is 0.964 bits per heavy atom. The molecule has 0 aliphatic heterocycles. The molecule has 0 amide bonds. The lowest BCUT2D eigenvalue weighted by Gasteiger charge is -2.09. The number of fused-ring (bicyclic) bond motifs is 1. The Morgan fingerprint density at radius 3 is 2.43 bits per heavy atom. The minimum atomic E-state index is -0.384. The molecule has 0 aliphatic carbocycles. The number of imidazole rings is 1. The predicted octanol–water partition coefficient (Wildman–Crippen LogP) is 2.17. The van der Waals surface area contributed by atoms with Gasteiger partial charge in [-0.25, -0.2) is 9.78 Å². The van der Waals surface area contributed by atoms with Crippen molar-refractivity contribution in [3.8, 4) is 0 Å². The van der Waals surface area contributed by atoms with Gasteiger partial charge in [0.1, 0.15) is 0 Å². The molecule has 0 N–H and O–H groups in total. The van der Waals surface area contributed by atoms with Gasteiger partial charge in [-0.2, -0.15) is 0 Å². The molecule has 8 heteroatoms. The summed E-state index contributed by atoms with van der Waals surface area (Å²) < 4.78 is 4.45. The van der Waals surface area contributed by atoms with Gasteiger partial charge < -0.3 is 4.57 Å². The molecule has 0 aliphatic rings. The molecule has 0 radical (unpaired) electrons. The zero-order valence-corrected chi connectivity index (χ0v) is 16.4. The van der Waals surface area contributed by atoms with E-state index in [2.05, 4.69) is 9.97 Å². The Hall–Kier alpha value is -3.13. The third kappa shape index (κ3) is 3.27. The smallest absolute Gasteiger partial charge is 0.309 e. The first kappa shape index (κ1) is 18.2. The first-order chi connectivity index (χ1) is 13.6. The van der Waals surface area contributed by atoms with Gasteiger partial charge in [0.25, 0.3) is 5.56 Å². The summed E-state index contributed by atoms with van der Waals surface area (Å²) in [6.45, 7) is 0.500. The van der Waals surface area contributed by atoms with Crippen LogP contribution in [-0.4, -0.2) is 23.7 Å². The maximum Gasteiger partial charge on any atom is 0.332 e. The number of aryl methyl sites for hydroxylation is 1. The second-order valence-electron chi connectivity index (χ2n) is 6.49. The molecule has 0 atom stereocenters. The van der Waals surface area contributed by atoms with Gasteiger partial charge in [-0.15, -0.1) is 0 Å². The van der Waals surface area contributed by atoms with Crippen molar-refractivity contribution < 1.29 is 0 Å². The van der Waals surface area contributed by atoms with Gasteiger partial charge in [0.05, 0.1) is 6.54 Å². The molecule has 0 fully saturated rings. The van der Waals surface area contributed by atoms with Crippen molar-refractivity contribution in [2.45, 2.75) is 17.5 Å². The number of hydrogen-bond acceptors (Lipinski definition) is 5. The highest BCUT2D eigenvalue weighted by Crippen LogP contribution is 2.25. The van der Waals surface area contributed by atoms with Crippen LogP contribution in [0.4, 0.5) is 0 Å². The summed E-state index contributed by atoms with van der Waals surface area (Å²) >= 11 is 1.52. The standard InChI is InChI=1S/C20H19N5O2S/c1-23-17-16(18(26)24(2)20(23)27)25(12-14-7-4-3-5-8-14)19(22-17)28-13-15-9-6-10-21-11-15/h3-11H,12-13H2,1-2H3. The van der Waals surface area contributed by atoms with Crippen molar-refractivity contribution >= 4 is 22.9 Å². The molecule has 1 aromatic carbocycles. The molecular weight excluding hydrogens is 374 g/mol. The number of hydrogen-bond donors (Lipinski definition) is 0. The van der Waals surface area contributed by atoms with Crippen LogP contribution in [0.3, 0.4) is 0 Å². The molecule has 0 saturated carbocycles. The Labute approximate surface area is 165 Å². The first-order valence-corrected chi connectivity index (χ1v) is 9.76. The third-order valence-electron chi connectivity index (χ3n) is 4.59. The molecule has 0 unspecified atom stereocenters. The fraction of sp³-hybridized carbons (Fsp3) is 0.200. The number of rotatable bonds is 5. The van der Waals surface area contributed by atoms with E-state index < -0.39 is 0 Å². The third-order valence-corrected chi connectivity index (χ3v) is 5.63. The lowest BCUT2D eigenvalue weighted by molar-refractivity contribution is 0.696. The average Bonchev–Trinajstić information content (AvgIpc) is 3.09. The van der Waals surface area contributed by atoms with Crippen molar-refractivity contribution in [1.82, 2.24) is 23.7 Å².